The second-order valence-electron chi connectivity index (χ2n) is 6.28. The number of rotatable bonds is 3. The highest BCUT2D eigenvalue weighted by Crippen LogP contribution is 2.45. The van der Waals surface area contributed by atoms with Crippen LogP contribution in [0.1, 0.15) is 50.6 Å². The van der Waals surface area contributed by atoms with Gasteiger partial charge in [-0.3, -0.25) is 0 Å². The van der Waals surface area contributed by atoms with Crippen LogP contribution in [0.15, 0.2) is 18.2 Å². The molecule has 2 nitrogen and oxygen atoms in total. The van der Waals surface area contributed by atoms with Gasteiger partial charge in [0.15, 0.2) is 0 Å². The van der Waals surface area contributed by atoms with Crippen LogP contribution in [0.4, 0.5) is 0 Å². The van der Waals surface area contributed by atoms with Gasteiger partial charge in [0.2, 0.25) is 0 Å². The number of benzene rings is 1. The van der Waals surface area contributed by atoms with Crippen molar-refractivity contribution in [1.29, 1.82) is 0 Å². The van der Waals surface area contributed by atoms with Crippen molar-refractivity contribution in [3.63, 3.8) is 0 Å². The number of nitrogens with one attached hydrogen (secondary N) is 1. The summed E-state index contributed by atoms with van der Waals surface area (Å²) in [6.07, 6.45) is 6.33. The maximum absolute atomic E-state index is 6.31. The first-order valence-corrected chi connectivity index (χ1v) is 7.63. The van der Waals surface area contributed by atoms with Crippen LogP contribution in [0.2, 0.25) is 5.02 Å². The van der Waals surface area contributed by atoms with Crippen LogP contribution >= 0.6 is 11.6 Å². The molecule has 3 rings (SSSR count). The summed E-state index contributed by atoms with van der Waals surface area (Å²) >= 11 is 6.10. The predicted molar refractivity (Wildman–Crippen MR) is 78.9 cm³/mol. The Morgan fingerprint density at radius 2 is 2.21 bits per heavy atom. The number of ether oxygens (including phenoxy) is 1. The Hall–Kier alpha value is -0.730. The standard InChI is InChI=1S/C16H22ClNO/c1-16(9-11-4-3-5-11)10-14(18-2)13-8-12(17)6-7-15(13)19-16/h6-8,11,14,18H,3-5,9-10H2,1-2H3. The summed E-state index contributed by atoms with van der Waals surface area (Å²) in [5.41, 5.74) is 1.15. The van der Waals surface area contributed by atoms with E-state index >= 15 is 0 Å². The van der Waals surface area contributed by atoms with Crippen molar-refractivity contribution >= 4 is 11.6 Å². The zero-order valence-corrected chi connectivity index (χ0v) is 12.5. The van der Waals surface area contributed by atoms with E-state index in [2.05, 4.69) is 12.2 Å². The van der Waals surface area contributed by atoms with E-state index in [9.17, 15) is 0 Å². The number of hydrogen-bond donors (Lipinski definition) is 1. The van der Waals surface area contributed by atoms with E-state index in [1.165, 1.54) is 31.2 Å². The van der Waals surface area contributed by atoms with Crippen LogP contribution in [0, 0.1) is 5.92 Å². The summed E-state index contributed by atoms with van der Waals surface area (Å²) in [6, 6.07) is 6.30. The zero-order chi connectivity index (χ0) is 13.5. The van der Waals surface area contributed by atoms with Gasteiger partial charge in [0.25, 0.3) is 0 Å². The maximum Gasteiger partial charge on any atom is 0.125 e. The molecular formula is C16H22ClNO. The third-order valence-corrected chi connectivity index (χ3v) is 4.87. The summed E-state index contributed by atoms with van der Waals surface area (Å²) in [5, 5.41) is 4.20. The Morgan fingerprint density at radius 3 is 2.84 bits per heavy atom. The highest BCUT2D eigenvalue weighted by Gasteiger charge is 2.39. The van der Waals surface area contributed by atoms with Crippen molar-refractivity contribution in [3.05, 3.63) is 28.8 Å². The molecule has 0 aromatic heterocycles. The molecule has 0 bridgehead atoms. The summed E-state index contributed by atoms with van der Waals surface area (Å²) in [5.74, 6) is 1.85. The number of halogens is 1. The lowest BCUT2D eigenvalue weighted by Gasteiger charge is -2.43. The van der Waals surface area contributed by atoms with Crippen LogP contribution in [-0.2, 0) is 0 Å². The fraction of sp³-hybridized carbons (Fsp3) is 0.625. The minimum atomic E-state index is -0.0421. The molecule has 1 saturated carbocycles. The average Bonchev–Trinajstić information content (AvgIpc) is 2.34. The minimum Gasteiger partial charge on any atom is -0.487 e. The Bertz CT molecular complexity index is 472. The van der Waals surface area contributed by atoms with E-state index in [0.717, 1.165) is 23.1 Å². The van der Waals surface area contributed by atoms with Gasteiger partial charge in [-0.1, -0.05) is 30.9 Å². The van der Waals surface area contributed by atoms with Crippen LogP contribution < -0.4 is 10.1 Å². The molecule has 1 aromatic carbocycles. The van der Waals surface area contributed by atoms with E-state index in [4.69, 9.17) is 16.3 Å². The lowest BCUT2D eigenvalue weighted by Crippen LogP contribution is -2.43. The van der Waals surface area contributed by atoms with Gasteiger partial charge in [0, 0.05) is 23.0 Å². The molecule has 1 heterocycles. The lowest BCUT2D eigenvalue weighted by atomic mass is 9.74. The van der Waals surface area contributed by atoms with Crippen molar-refractivity contribution in [2.75, 3.05) is 7.05 Å². The normalized spacial score (nSPS) is 30.4. The van der Waals surface area contributed by atoms with E-state index in [1.807, 2.05) is 25.2 Å². The van der Waals surface area contributed by atoms with Crippen LogP contribution in [0.5, 0.6) is 5.75 Å². The van der Waals surface area contributed by atoms with Gasteiger partial charge >= 0.3 is 0 Å². The Morgan fingerprint density at radius 1 is 1.42 bits per heavy atom. The van der Waals surface area contributed by atoms with E-state index in [0.29, 0.717) is 6.04 Å². The zero-order valence-electron chi connectivity index (χ0n) is 11.7. The molecule has 2 aliphatic rings. The molecule has 19 heavy (non-hydrogen) atoms. The minimum absolute atomic E-state index is 0.0421. The Labute approximate surface area is 120 Å². The molecule has 0 spiro atoms. The van der Waals surface area contributed by atoms with Gasteiger partial charge < -0.3 is 10.1 Å². The van der Waals surface area contributed by atoms with Crippen molar-refractivity contribution in [2.45, 2.75) is 50.7 Å². The molecule has 1 aliphatic heterocycles. The SMILES string of the molecule is CNC1CC(C)(CC2CCC2)Oc2ccc(Cl)cc21. The van der Waals surface area contributed by atoms with Gasteiger partial charge in [-0.15, -0.1) is 0 Å². The second kappa shape index (κ2) is 4.99. The van der Waals surface area contributed by atoms with Gasteiger partial charge in [-0.2, -0.15) is 0 Å². The first-order chi connectivity index (χ1) is 9.09. The van der Waals surface area contributed by atoms with Crippen molar-refractivity contribution in [1.82, 2.24) is 5.32 Å². The van der Waals surface area contributed by atoms with E-state index in [-0.39, 0.29) is 5.60 Å². The molecular weight excluding hydrogens is 258 g/mol. The Balaban J connectivity index is 1.86. The highest BCUT2D eigenvalue weighted by atomic mass is 35.5. The molecule has 1 fully saturated rings. The van der Waals surface area contributed by atoms with Crippen LogP contribution in [0.25, 0.3) is 0 Å². The van der Waals surface area contributed by atoms with Crippen molar-refractivity contribution in [3.8, 4) is 5.75 Å². The number of hydrogen-bond acceptors (Lipinski definition) is 2. The fourth-order valence-corrected chi connectivity index (χ4v) is 3.60. The highest BCUT2D eigenvalue weighted by molar-refractivity contribution is 6.30. The Kier molecular flexibility index (Phi) is 3.48. The molecule has 1 aromatic rings. The number of fused-ring (bicyclic) bond motifs is 1. The molecule has 1 N–H and O–H groups in total. The largest absolute Gasteiger partial charge is 0.487 e. The topological polar surface area (TPSA) is 21.3 Å². The third kappa shape index (κ3) is 2.61. The first-order valence-electron chi connectivity index (χ1n) is 7.25. The molecule has 3 heteroatoms. The van der Waals surface area contributed by atoms with Crippen LogP contribution in [0.3, 0.4) is 0 Å². The monoisotopic (exact) mass is 279 g/mol. The molecule has 0 saturated heterocycles. The van der Waals surface area contributed by atoms with Crippen LogP contribution in [-0.4, -0.2) is 12.6 Å². The summed E-state index contributed by atoms with van der Waals surface area (Å²) in [4.78, 5) is 0. The average molecular weight is 280 g/mol. The van der Waals surface area contributed by atoms with Gasteiger partial charge in [-0.05, 0) is 44.5 Å². The summed E-state index contributed by atoms with van der Waals surface area (Å²) in [6.45, 7) is 2.26. The smallest absolute Gasteiger partial charge is 0.125 e. The van der Waals surface area contributed by atoms with E-state index < -0.39 is 0 Å². The maximum atomic E-state index is 6.31. The van der Waals surface area contributed by atoms with Gasteiger partial charge in [0.05, 0.1) is 0 Å². The molecule has 2 unspecified atom stereocenters. The fourth-order valence-electron chi connectivity index (χ4n) is 3.42. The summed E-state index contributed by atoms with van der Waals surface area (Å²) in [7, 11) is 2.02. The predicted octanol–water partition coefficient (Wildman–Crippen LogP) is 4.33. The molecule has 104 valence electrons. The molecule has 0 amide bonds. The van der Waals surface area contributed by atoms with E-state index in [1.54, 1.807) is 0 Å². The first kappa shape index (κ1) is 13.3. The molecule has 1 aliphatic carbocycles. The molecule has 0 radical (unpaired) electrons. The van der Waals surface area contributed by atoms with Crippen molar-refractivity contribution in [2.24, 2.45) is 5.92 Å². The van der Waals surface area contributed by atoms with Gasteiger partial charge in [-0.25, -0.2) is 0 Å². The van der Waals surface area contributed by atoms with Crippen molar-refractivity contribution < 1.29 is 4.74 Å². The quantitative estimate of drug-likeness (QED) is 0.889. The third-order valence-electron chi connectivity index (χ3n) is 4.63. The van der Waals surface area contributed by atoms with Gasteiger partial charge in [0.1, 0.15) is 11.4 Å². The lowest BCUT2D eigenvalue weighted by molar-refractivity contribution is 0.0134. The molecule has 2 atom stereocenters. The second-order valence-corrected chi connectivity index (χ2v) is 6.72. The summed E-state index contributed by atoms with van der Waals surface area (Å²) < 4.78 is 6.31.